The zero-order valence-corrected chi connectivity index (χ0v) is 12.2. The smallest absolute Gasteiger partial charge is 0.245 e. The highest BCUT2D eigenvalue weighted by atomic mass is 19.1. The molecule has 21 heavy (non-hydrogen) atoms. The zero-order chi connectivity index (χ0) is 15.1. The number of piperazine rings is 1. The summed E-state index contributed by atoms with van der Waals surface area (Å²) in [6.45, 7) is 3.87. The van der Waals surface area contributed by atoms with Crippen molar-refractivity contribution in [1.82, 2.24) is 10.2 Å². The van der Waals surface area contributed by atoms with Gasteiger partial charge in [-0.2, -0.15) is 0 Å². The lowest BCUT2D eigenvalue weighted by Gasteiger charge is -2.38. The van der Waals surface area contributed by atoms with Crippen molar-refractivity contribution >= 4 is 11.8 Å². The van der Waals surface area contributed by atoms with Crippen LogP contribution in [0.25, 0.3) is 0 Å². The van der Waals surface area contributed by atoms with E-state index in [1.165, 1.54) is 12.1 Å². The van der Waals surface area contributed by atoms with Crippen molar-refractivity contribution in [1.29, 1.82) is 0 Å². The van der Waals surface area contributed by atoms with E-state index < -0.39 is 12.1 Å². The molecule has 5 heteroatoms. The van der Waals surface area contributed by atoms with Crippen LogP contribution in [0.15, 0.2) is 18.2 Å². The van der Waals surface area contributed by atoms with Crippen LogP contribution in [-0.4, -0.2) is 28.8 Å². The topological polar surface area (TPSA) is 49.4 Å². The number of nitrogens with one attached hydrogen (secondary N) is 1. The van der Waals surface area contributed by atoms with E-state index in [-0.39, 0.29) is 23.5 Å². The Bertz CT molecular complexity index is 598. The summed E-state index contributed by atoms with van der Waals surface area (Å²) in [5, 5.41) is 2.74. The number of nitrogens with zero attached hydrogens (tertiary/aromatic N) is 1. The third-order valence-corrected chi connectivity index (χ3v) is 4.34. The number of amides is 2. The minimum atomic E-state index is -0.513. The fourth-order valence-electron chi connectivity index (χ4n) is 2.94. The second-order valence-corrected chi connectivity index (χ2v) is 6.05. The molecular formula is C16H19FN2O2. The van der Waals surface area contributed by atoms with Crippen molar-refractivity contribution in [3.8, 4) is 0 Å². The third kappa shape index (κ3) is 2.64. The van der Waals surface area contributed by atoms with Crippen LogP contribution in [0.2, 0.25) is 0 Å². The van der Waals surface area contributed by atoms with E-state index in [1.54, 1.807) is 17.9 Å². The number of benzene rings is 1. The molecule has 2 aliphatic rings. The molecule has 4 nitrogen and oxygen atoms in total. The van der Waals surface area contributed by atoms with Crippen LogP contribution in [0.4, 0.5) is 4.39 Å². The molecule has 2 fully saturated rings. The fraction of sp³-hybridized carbons (Fsp3) is 0.500. The maximum Gasteiger partial charge on any atom is 0.245 e. The molecule has 2 amide bonds. The molecule has 0 aromatic heterocycles. The van der Waals surface area contributed by atoms with Crippen LogP contribution in [0.1, 0.15) is 30.9 Å². The molecule has 2 unspecified atom stereocenters. The molecule has 1 heterocycles. The second kappa shape index (κ2) is 5.13. The van der Waals surface area contributed by atoms with Gasteiger partial charge in [-0.1, -0.05) is 6.07 Å². The van der Waals surface area contributed by atoms with E-state index >= 15 is 0 Å². The zero-order valence-electron chi connectivity index (χ0n) is 12.2. The molecule has 1 saturated heterocycles. The van der Waals surface area contributed by atoms with Crippen LogP contribution in [0, 0.1) is 18.7 Å². The third-order valence-electron chi connectivity index (χ3n) is 4.34. The molecule has 1 aliphatic heterocycles. The summed E-state index contributed by atoms with van der Waals surface area (Å²) in [6.07, 6.45) is 1.94. The predicted molar refractivity (Wildman–Crippen MR) is 75.8 cm³/mol. The highest BCUT2D eigenvalue weighted by molar-refractivity contribution is 5.97. The van der Waals surface area contributed by atoms with Gasteiger partial charge in [0.05, 0.1) is 0 Å². The highest BCUT2D eigenvalue weighted by Crippen LogP contribution is 2.37. The molecule has 1 aromatic carbocycles. The van der Waals surface area contributed by atoms with Crippen molar-refractivity contribution < 1.29 is 14.0 Å². The average Bonchev–Trinajstić information content (AvgIpc) is 3.24. The Morgan fingerprint density at radius 2 is 2.05 bits per heavy atom. The van der Waals surface area contributed by atoms with Gasteiger partial charge in [-0.25, -0.2) is 4.39 Å². The first-order valence-corrected chi connectivity index (χ1v) is 7.33. The molecule has 1 aromatic rings. The molecule has 0 spiro atoms. The second-order valence-electron chi connectivity index (χ2n) is 6.05. The van der Waals surface area contributed by atoms with E-state index in [9.17, 15) is 14.0 Å². The number of carbonyl (C=O) groups is 2. The van der Waals surface area contributed by atoms with Crippen LogP contribution in [0.5, 0.6) is 0 Å². The summed E-state index contributed by atoms with van der Waals surface area (Å²) in [6, 6.07) is 3.64. The first-order valence-electron chi connectivity index (χ1n) is 7.33. The van der Waals surface area contributed by atoms with Crippen LogP contribution >= 0.6 is 0 Å². The highest BCUT2D eigenvalue weighted by Gasteiger charge is 2.46. The Balaban J connectivity index is 1.90. The number of hydrogen-bond acceptors (Lipinski definition) is 2. The standard InChI is InChI=1S/C16H19FN2O2/c1-9-3-6-13(17)7-12(9)8-19-14(11-4-5-11)15(20)18-10(2)16(19)21/h3,6-7,10-11,14H,4-5,8H2,1-2H3,(H,18,20). The summed E-state index contributed by atoms with van der Waals surface area (Å²) < 4.78 is 13.4. The van der Waals surface area contributed by atoms with Gasteiger partial charge in [0.1, 0.15) is 17.9 Å². The average molecular weight is 290 g/mol. The molecule has 1 N–H and O–H groups in total. The van der Waals surface area contributed by atoms with Crippen molar-refractivity contribution in [2.45, 2.75) is 45.3 Å². The Morgan fingerprint density at radius 1 is 1.33 bits per heavy atom. The van der Waals surface area contributed by atoms with Gasteiger partial charge < -0.3 is 10.2 Å². The number of halogens is 1. The lowest BCUT2D eigenvalue weighted by Crippen LogP contribution is -2.62. The largest absolute Gasteiger partial charge is 0.343 e. The van der Waals surface area contributed by atoms with Gasteiger partial charge in [-0.15, -0.1) is 0 Å². The number of carbonyl (C=O) groups excluding carboxylic acids is 2. The van der Waals surface area contributed by atoms with Gasteiger partial charge in [0, 0.05) is 6.54 Å². The fourth-order valence-corrected chi connectivity index (χ4v) is 2.94. The van der Waals surface area contributed by atoms with E-state index in [2.05, 4.69) is 5.32 Å². The normalized spacial score (nSPS) is 26.0. The molecule has 112 valence electrons. The van der Waals surface area contributed by atoms with E-state index in [1.807, 2.05) is 6.92 Å². The van der Waals surface area contributed by atoms with Crippen LogP contribution < -0.4 is 5.32 Å². The summed E-state index contributed by atoms with van der Waals surface area (Å²) >= 11 is 0. The lowest BCUT2D eigenvalue weighted by molar-refractivity contribution is -0.150. The predicted octanol–water partition coefficient (Wildman–Crippen LogP) is 1.76. The quantitative estimate of drug-likeness (QED) is 0.922. The van der Waals surface area contributed by atoms with E-state index in [0.717, 1.165) is 24.0 Å². The maximum absolute atomic E-state index is 13.4. The summed E-state index contributed by atoms with van der Waals surface area (Å²) in [5.41, 5.74) is 1.69. The van der Waals surface area contributed by atoms with Crippen molar-refractivity contribution in [2.24, 2.45) is 5.92 Å². The summed E-state index contributed by atoms with van der Waals surface area (Å²) in [5.74, 6) is -0.246. The Hall–Kier alpha value is -1.91. The lowest BCUT2D eigenvalue weighted by atomic mass is 10.0. The van der Waals surface area contributed by atoms with Gasteiger partial charge in [-0.3, -0.25) is 9.59 Å². The van der Waals surface area contributed by atoms with Gasteiger partial charge in [0.2, 0.25) is 11.8 Å². The van der Waals surface area contributed by atoms with Crippen molar-refractivity contribution in [2.75, 3.05) is 0 Å². The van der Waals surface area contributed by atoms with Crippen LogP contribution in [0.3, 0.4) is 0 Å². The van der Waals surface area contributed by atoms with Gasteiger partial charge >= 0.3 is 0 Å². The molecular weight excluding hydrogens is 271 g/mol. The van der Waals surface area contributed by atoms with Gasteiger partial charge in [0.15, 0.2) is 0 Å². The first kappa shape index (κ1) is 14.0. The summed E-state index contributed by atoms with van der Waals surface area (Å²) in [4.78, 5) is 26.3. The minimum Gasteiger partial charge on any atom is -0.343 e. The molecule has 1 saturated carbocycles. The molecule has 1 aliphatic carbocycles. The number of rotatable bonds is 3. The minimum absolute atomic E-state index is 0.0846. The Labute approximate surface area is 123 Å². The number of aryl methyl sites for hydroxylation is 1. The molecule has 0 bridgehead atoms. The van der Waals surface area contributed by atoms with Crippen molar-refractivity contribution in [3.05, 3.63) is 35.1 Å². The summed E-state index contributed by atoms with van der Waals surface area (Å²) in [7, 11) is 0. The number of hydrogen-bond donors (Lipinski definition) is 1. The Kier molecular flexibility index (Phi) is 3.43. The van der Waals surface area contributed by atoms with Gasteiger partial charge in [-0.05, 0) is 55.9 Å². The maximum atomic E-state index is 13.4. The van der Waals surface area contributed by atoms with E-state index in [0.29, 0.717) is 6.54 Å². The van der Waals surface area contributed by atoms with Crippen LogP contribution in [-0.2, 0) is 16.1 Å². The molecule has 0 radical (unpaired) electrons. The SMILES string of the molecule is Cc1ccc(F)cc1CN1C(=O)C(C)NC(=O)C1C1CC1. The first-order chi connectivity index (χ1) is 9.97. The molecule has 2 atom stereocenters. The van der Waals surface area contributed by atoms with E-state index in [4.69, 9.17) is 0 Å². The van der Waals surface area contributed by atoms with Crippen molar-refractivity contribution in [3.63, 3.8) is 0 Å². The molecule has 3 rings (SSSR count). The van der Waals surface area contributed by atoms with Gasteiger partial charge in [0.25, 0.3) is 0 Å². The Morgan fingerprint density at radius 3 is 2.71 bits per heavy atom. The monoisotopic (exact) mass is 290 g/mol.